The van der Waals surface area contributed by atoms with Gasteiger partial charge in [0.2, 0.25) is 5.91 Å². The van der Waals surface area contributed by atoms with Gasteiger partial charge in [0.25, 0.3) is 5.91 Å². The topological polar surface area (TPSA) is 71.1 Å². The molecule has 0 unspecified atom stereocenters. The summed E-state index contributed by atoms with van der Waals surface area (Å²) in [6.07, 6.45) is 0. The number of thiophene rings is 2. The van der Waals surface area contributed by atoms with Crippen molar-refractivity contribution >= 4 is 45.8 Å². The number of aryl methyl sites for hydroxylation is 1. The van der Waals surface area contributed by atoms with Crippen molar-refractivity contribution in [1.82, 2.24) is 15.6 Å². The van der Waals surface area contributed by atoms with E-state index in [1.807, 2.05) is 49.7 Å². The number of hydrogen-bond donors (Lipinski definition) is 2. The van der Waals surface area contributed by atoms with Crippen LogP contribution in [0, 0.1) is 12.8 Å². The van der Waals surface area contributed by atoms with Gasteiger partial charge in [-0.1, -0.05) is 19.9 Å². The van der Waals surface area contributed by atoms with Crippen molar-refractivity contribution in [3.05, 3.63) is 49.8 Å². The molecular weight excluding hydrogens is 398 g/mol. The molecule has 0 aliphatic rings. The molecule has 3 rings (SSSR count). The average Bonchev–Trinajstić information content (AvgIpc) is 3.37. The maximum Gasteiger partial charge on any atom is 0.262 e. The quantitative estimate of drug-likeness (QED) is 0.599. The van der Waals surface area contributed by atoms with Crippen LogP contribution in [-0.4, -0.2) is 22.8 Å². The zero-order chi connectivity index (χ0) is 19.4. The van der Waals surface area contributed by atoms with Crippen molar-refractivity contribution in [2.24, 2.45) is 5.92 Å². The minimum absolute atomic E-state index is 0.00853. The predicted octanol–water partition coefficient (Wildman–Crippen LogP) is 4.31. The smallest absolute Gasteiger partial charge is 0.262 e. The standard InChI is InChI=1S/C19H21N3O2S3/c1-11(2)17(22-18(23)16-5-4-8-25-16)19(24)20-9-13-6-7-15(27-13)14-10-26-12(3)21-14/h4-8,10-11,17H,9H2,1-3H3,(H,20,24)(H,22,23)/t17-/m0/s1. The number of amides is 2. The summed E-state index contributed by atoms with van der Waals surface area (Å²) in [7, 11) is 0. The maximum atomic E-state index is 12.6. The fourth-order valence-corrected chi connectivity index (χ4v) is 4.75. The van der Waals surface area contributed by atoms with E-state index in [1.165, 1.54) is 11.3 Å². The van der Waals surface area contributed by atoms with Crippen LogP contribution in [0.4, 0.5) is 0 Å². The molecule has 142 valence electrons. The number of nitrogens with zero attached hydrogens (tertiary/aromatic N) is 1. The van der Waals surface area contributed by atoms with Gasteiger partial charge in [-0.05, 0) is 36.4 Å². The highest BCUT2D eigenvalue weighted by molar-refractivity contribution is 7.16. The fraction of sp³-hybridized carbons (Fsp3) is 0.316. The van der Waals surface area contributed by atoms with Gasteiger partial charge in [-0.2, -0.15) is 0 Å². The van der Waals surface area contributed by atoms with Gasteiger partial charge >= 0.3 is 0 Å². The normalized spacial score (nSPS) is 12.1. The van der Waals surface area contributed by atoms with Gasteiger partial charge in [-0.25, -0.2) is 4.98 Å². The van der Waals surface area contributed by atoms with Gasteiger partial charge in [-0.3, -0.25) is 9.59 Å². The SMILES string of the molecule is Cc1nc(-c2ccc(CNC(=O)[C@@H](NC(=O)c3cccs3)C(C)C)s2)cs1. The van der Waals surface area contributed by atoms with Crippen LogP contribution in [0.2, 0.25) is 0 Å². The second-order valence-corrected chi connectivity index (χ2v) is 9.59. The second kappa shape index (κ2) is 8.77. The summed E-state index contributed by atoms with van der Waals surface area (Å²) in [5.74, 6) is -0.392. The summed E-state index contributed by atoms with van der Waals surface area (Å²) in [5, 5.41) is 10.7. The lowest BCUT2D eigenvalue weighted by atomic mass is 10.0. The van der Waals surface area contributed by atoms with Gasteiger partial charge in [0, 0.05) is 10.3 Å². The Bertz CT molecular complexity index is 912. The van der Waals surface area contributed by atoms with Gasteiger partial charge in [-0.15, -0.1) is 34.0 Å². The molecule has 8 heteroatoms. The monoisotopic (exact) mass is 419 g/mol. The molecule has 2 N–H and O–H groups in total. The van der Waals surface area contributed by atoms with E-state index in [0.29, 0.717) is 11.4 Å². The zero-order valence-electron chi connectivity index (χ0n) is 15.3. The molecular formula is C19H21N3O2S3. The molecule has 3 aromatic rings. The van der Waals surface area contributed by atoms with Crippen molar-refractivity contribution < 1.29 is 9.59 Å². The molecule has 0 spiro atoms. The Balaban J connectivity index is 1.59. The Labute approximate surface area is 170 Å². The highest BCUT2D eigenvalue weighted by atomic mass is 32.1. The summed E-state index contributed by atoms with van der Waals surface area (Å²) >= 11 is 4.60. The van der Waals surface area contributed by atoms with Crippen LogP contribution < -0.4 is 10.6 Å². The van der Waals surface area contributed by atoms with E-state index < -0.39 is 6.04 Å². The third-order valence-corrected chi connectivity index (χ3v) is 6.70. The highest BCUT2D eigenvalue weighted by Crippen LogP contribution is 2.28. The summed E-state index contributed by atoms with van der Waals surface area (Å²) in [4.78, 5) is 32.1. The summed E-state index contributed by atoms with van der Waals surface area (Å²) < 4.78 is 0. The van der Waals surface area contributed by atoms with Crippen LogP contribution >= 0.6 is 34.0 Å². The molecule has 0 radical (unpaired) electrons. The maximum absolute atomic E-state index is 12.6. The summed E-state index contributed by atoms with van der Waals surface area (Å²) in [5.41, 5.74) is 0.975. The Morgan fingerprint density at radius 1 is 1.19 bits per heavy atom. The molecule has 0 aliphatic heterocycles. The van der Waals surface area contributed by atoms with E-state index in [0.717, 1.165) is 20.5 Å². The highest BCUT2D eigenvalue weighted by Gasteiger charge is 2.25. The molecule has 0 saturated heterocycles. The zero-order valence-corrected chi connectivity index (χ0v) is 17.8. The first-order chi connectivity index (χ1) is 12.9. The summed E-state index contributed by atoms with van der Waals surface area (Å²) in [6, 6.07) is 7.04. The van der Waals surface area contributed by atoms with Gasteiger partial charge < -0.3 is 10.6 Å². The van der Waals surface area contributed by atoms with E-state index >= 15 is 0 Å². The largest absolute Gasteiger partial charge is 0.349 e. The van der Waals surface area contributed by atoms with E-state index in [1.54, 1.807) is 28.7 Å². The molecule has 5 nitrogen and oxygen atoms in total. The molecule has 0 fully saturated rings. The molecule has 2 amide bonds. The van der Waals surface area contributed by atoms with Crippen molar-refractivity contribution in [2.75, 3.05) is 0 Å². The molecule has 27 heavy (non-hydrogen) atoms. The molecule has 3 heterocycles. The van der Waals surface area contributed by atoms with E-state index in [-0.39, 0.29) is 17.7 Å². The number of rotatable bonds is 7. The number of carbonyl (C=O) groups excluding carboxylic acids is 2. The fourth-order valence-electron chi connectivity index (χ4n) is 2.53. The molecule has 0 aromatic carbocycles. The van der Waals surface area contributed by atoms with Crippen LogP contribution in [0.15, 0.2) is 35.0 Å². The Morgan fingerprint density at radius 3 is 2.63 bits per heavy atom. The lowest BCUT2D eigenvalue weighted by Crippen LogP contribution is -2.49. The number of nitrogens with one attached hydrogen (secondary N) is 2. The number of hydrogen-bond acceptors (Lipinski definition) is 6. The lowest BCUT2D eigenvalue weighted by molar-refractivity contribution is -0.124. The molecule has 0 saturated carbocycles. The molecule has 0 bridgehead atoms. The Kier molecular flexibility index (Phi) is 6.41. The van der Waals surface area contributed by atoms with Crippen LogP contribution in [-0.2, 0) is 11.3 Å². The molecule has 0 aliphatic carbocycles. The van der Waals surface area contributed by atoms with Gasteiger partial charge in [0.1, 0.15) is 6.04 Å². The first-order valence-electron chi connectivity index (χ1n) is 8.57. The van der Waals surface area contributed by atoms with Crippen molar-refractivity contribution in [3.8, 4) is 10.6 Å². The predicted molar refractivity (Wildman–Crippen MR) is 112 cm³/mol. The third-order valence-electron chi connectivity index (χ3n) is 3.95. The summed E-state index contributed by atoms with van der Waals surface area (Å²) in [6.45, 7) is 6.27. The number of thiazole rings is 1. The van der Waals surface area contributed by atoms with E-state index in [4.69, 9.17) is 0 Å². The van der Waals surface area contributed by atoms with E-state index in [2.05, 4.69) is 15.6 Å². The molecule has 3 aromatic heterocycles. The van der Waals surface area contributed by atoms with Crippen molar-refractivity contribution in [3.63, 3.8) is 0 Å². The van der Waals surface area contributed by atoms with Crippen LogP contribution in [0.25, 0.3) is 10.6 Å². The van der Waals surface area contributed by atoms with E-state index in [9.17, 15) is 9.59 Å². The Hall–Kier alpha value is -2.03. The average molecular weight is 420 g/mol. The number of aromatic nitrogens is 1. The third kappa shape index (κ3) is 5.03. The van der Waals surface area contributed by atoms with Crippen molar-refractivity contribution in [2.45, 2.75) is 33.4 Å². The second-order valence-electron chi connectivity index (χ2n) is 6.41. The van der Waals surface area contributed by atoms with Crippen LogP contribution in [0.3, 0.4) is 0 Å². The minimum Gasteiger partial charge on any atom is -0.349 e. The Morgan fingerprint density at radius 2 is 2.00 bits per heavy atom. The van der Waals surface area contributed by atoms with Crippen LogP contribution in [0.5, 0.6) is 0 Å². The van der Waals surface area contributed by atoms with Crippen molar-refractivity contribution in [1.29, 1.82) is 0 Å². The van der Waals surface area contributed by atoms with Gasteiger partial charge in [0.15, 0.2) is 0 Å². The molecule has 1 atom stereocenters. The van der Waals surface area contributed by atoms with Crippen LogP contribution in [0.1, 0.15) is 33.4 Å². The first-order valence-corrected chi connectivity index (χ1v) is 11.1. The first kappa shape index (κ1) is 19.7. The number of carbonyl (C=O) groups is 2. The minimum atomic E-state index is -0.569. The van der Waals surface area contributed by atoms with Gasteiger partial charge in [0.05, 0.1) is 27.0 Å². The lowest BCUT2D eigenvalue weighted by Gasteiger charge is -2.21.